The Labute approximate surface area is 137 Å². The molecule has 2 aromatic rings. The van der Waals surface area contributed by atoms with Gasteiger partial charge in [-0.05, 0) is 49.9 Å². The molecular formula is C18H23O4P. The highest BCUT2D eigenvalue weighted by Crippen LogP contribution is 2.49. The molecule has 0 radical (unpaired) electrons. The number of rotatable bonds is 5. The van der Waals surface area contributed by atoms with Gasteiger partial charge in [0.2, 0.25) is 0 Å². The third-order valence-corrected chi connectivity index (χ3v) is 4.76. The lowest BCUT2D eigenvalue weighted by Gasteiger charge is -2.36. The Balaban J connectivity index is 2.64. The summed E-state index contributed by atoms with van der Waals surface area (Å²) in [5.74, 6) is -0.294. The Morgan fingerprint density at radius 3 is 1.65 bits per heavy atom. The molecule has 0 atom stereocenters. The third kappa shape index (κ3) is 4.30. The molecule has 23 heavy (non-hydrogen) atoms. The number of aryl methyl sites for hydroxylation is 2. The molecule has 0 aliphatic heterocycles. The highest BCUT2D eigenvalue weighted by molar-refractivity contribution is 7.46. The summed E-state index contributed by atoms with van der Waals surface area (Å²) in [4.78, 5) is 18.6. The van der Waals surface area contributed by atoms with Gasteiger partial charge in [-0.15, -0.1) is 0 Å². The number of phosphoric acid groups is 1. The molecule has 0 unspecified atom stereocenters. The number of phosphoric ester groups is 1. The van der Waals surface area contributed by atoms with E-state index in [0.29, 0.717) is 0 Å². The Morgan fingerprint density at radius 2 is 1.30 bits per heavy atom. The minimum absolute atomic E-state index is 0.294. The molecule has 5 heteroatoms. The Morgan fingerprint density at radius 1 is 0.913 bits per heavy atom. The van der Waals surface area contributed by atoms with Crippen molar-refractivity contribution >= 4 is 7.82 Å². The van der Waals surface area contributed by atoms with E-state index in [1.54, 1.807) is 13.8 Å². The fourth-order valence-corrected chi connectivity index (χ4v) is 3.82. The molecule has 0 fully saturated rings. The molecule has 0 saturated carbocycles. The molecule has 0 aromatic heterocycles. The number of hydrogen-bond acceptors (Lipinski definition) is 2. The summed E-state index contributed by atoms with van der Waals surface area (Å²) in [5, 5.41) is 0. The maximum atomic E-state index is 11.5. The summed E-state index contributed by atoms with van der Waals surface area (Å²) in [5.41, 5.74) is 3.05. The molecule has 4 nitrogen and oxygen atoms in total. The van der Waals surface area contributed by atoms with Crippen LogP contribution in [0.5, 0.6) is 0 Å². The van der Waals surface area contributed by atoms with Gasteiger partial charge < -0.3 is 9.79 Å². The normalized spacial score (nSPS) is 12.7. The van der Waals surface area contributed by atoms with Crippen LogP contribution < -0.4 is 0 Å². The molecule has 0 amide bonds. The lowest BCUT2D eigenvalue weighted by Crippen LogP contribution is -2.33. The van der Waals surface area contributed by atoms with Crippen molar-refractivity contribution in [2.45, 2.75) is 39.2 Å². The first kappa shape index (κ1) is 17.9. The predicted octanol–water partition coefficient (Wildman–Crippen LogP) is 4.32. The minimum Gasteiger partial charge on any atom is -0.303 e. The van der Waals surface area contributed by atoms with E-state index >= 15 is 0 Å². The van der Waals surface area contributed by atoms with Gasteiger partial charge >= 0.3 is 7.82 Å². The summed E-state index contributed by atoms with van der Waals surface area (Å²) in [6.45, 7) is 7.42. The van der Waals surface area contributed by atoms with Crippen LogP contribution in [0, 0.1) is 13.8 Å². The average Bonchev–Trinajstić information content (AvgIpc) is 2.40. The van der Waals surface area contributed by atoms with Crippen LogP contribution in [-0.4, -0.2) is 15.4 Å². The fraction of sp³-hybridized carbons (Fsp3) is 0.333. The van der Waals surface area contributed by atoms with Crippen LogP contribution in [-0.2, 0) is 9.09 Å². The van der Waals surface area contributed by atoms with Gasteiger partial charge in [-0.3, -0.25) is 4.52 Å². The molecule has 0 heterocycles. The average molecular weight is 334 g/mol. The van der Waals surface area contributed by atoms with Crippen molar-refractivity contribution in [1.82, 2.24) is 0 Å². The Bertz CT molecular complexity index is 688. The lowest BCUT2D eigenvalue weighted by atomic mass is 9.76. The summed E-state index contributed by atoms with van der Waals surface area (Å²) < 4.78 is 16.6. The predicted molar refractivity (Wildman–Crippen MR) is 91.4 cm³/mol. The van der Waals surface area contributed by atoms with Gasteiger partial charge in [0.05, 0.1) is 5.60 Å². The van der Waals surface area contributed by atoms with Crippen LogP contribution in [0.4, 0.5) is 0 Å². The van der Waals surface area contributed by atoms with E-state index in [2.05, 4.69) is 0 Å². The molecule has 0 aliphatic rings. The smallest absolute Gasteiger partial charge is 0.303 e. The van der Waals surface area contributed by atoms with Gasteiger partial charge in [-0.25, -0.2) is 4.57 Å². The zero-order valence-corrected chi connectivity index (χ0v) is 14.7. The molecule has 2 rings (SSSR count). The van der Waals surface area contributed by atoms with Gasteiger partial charge in [0.15, 0.2) is 0 Å². The molecular weight excluding hydrogens is 311 g/mol. The van der Waals surface area contributed by atoms with Crippen molar-refractivity contribution in [3.8, 4) is 0 Å². The summed E-state index contributed by atoms with van der Waals surface area (Å²) in [7, 11) is -4.61. The SMILES string of the molecule is Cc1ccccc1C(c1ccccc1C)C(C)(C)OP(=O)(O)O. The fourth-order valence-electron chi connectivity index (χ4n) is 3.10. The van der Waals surface area contributed by atoms with Crippen LogP contribution in [0.15, 0.2) is 48.5 Å². The molecule has 2 N–H and O–H groups in total. The van der Waals surface area contributed by atoms with Gasteiger partial charge in [0.25, 0.3) is 0 Å². The van der Waals surface area contributed by atoms with E-state index in [4.69, 9.17) is 4.52 Å². The number of benzene rings is 2. The zero-order chi connectivity index (χ0) is 17.3. The van der Waals surface area contributed by atoms with E-state index in [-0.39, 0.29) is 5.92 Å². The second-order valence-corrected chi connectivity index (χ2v) is 7.50. The van der Waals surface area contributed by atoms with E-state index in [1.807, 2.05) is 62.4 Å². The van der Waals surface area contributed by atoms with Crippen LogP contribution in [0.25, 0.3) is 0 Å². The molecule has 124 valence electrons. The first-order valence-corrected chi connectivity index (χ1v) is 9.02. The second kappa shape index (κ2) is 6.58. The van der Waals surface area contributed by atoms with Crippen molar-refractivity contribution in [3.05, 3.63) is 70.8 Å². The lowest BCUT2D eigenvalue weighted by molar-refractivity contribution is 0.0512. The quantitative estimate of drug-likeness (QED) is 0.799. The highest BCUT2D eigenvalue weighted by atomic mass is 31.2. The monoisotopic (exact) mass is 334 g/mol. The van der Waals surface area contributed by atoms with Gasteiger partial charge in [0.1, 0.15) is 0 Å². The topological polar surface area (TPSA) is 66.8 Å². The maximum Gasteiger partial charge on any atom is 0.470 e. The van der Waals surface area contributed by atoms with Gasteiger partial charge in [-0.2, -0.15) is 0 Å². The van der Waals surface area contributed by atoms with Gasteiger partial charge in [-0.1, -0.05) is 48.5 Å². The van der Waals surface area contributed by atoms with Crippen LogP contribution >= 0.6 is 7.82 Å². The summed E-state index contributed by atoms with van der Waals surface area (Å²) in [6.07, 6.45) is 0. The van der Waals surface area contributed by atoms with E-state index in [0.717, 1.165) is 22.3 Å². The first-order chi connectivity index (χ1) is 10.6. The van der Waals surface area contributed by atoms with Crippen LogP contribution in [0.1, 0.15) is 42.0 Å². The van der Waals surface area contributed by atoms with Crippen LogP contribution in [0.2, 0.25) is 0 Å². The van der Waals surface area contributed by atoms with E-state index in [9.17, 15) is 14.4 Å². The Kier molecular flexibility index (Phi) is 5.12. The van der Waals surface area contributed by atoms with Crippen molar-refractivity contribution in [1.29, 1.82) is 0 Å². The maximum absolute atomic E-state index is 11.5. The van der Waals surface area contributed by atoms with Crippen molar-refractivity contribution < 1.29 is 18.9 Å². The molecule has 0 aliphatic carbocycles. The van der Waals surface area contributed by atoms with E-state index < -0.39 is 13.4 Å². The first-order valence-electron chi connectivity index (χ1n) is 7.49. The Hall–Kier alpha value is -1.45. The largest absolute Gasteiger partial charge is 0.470 e. The third-order valence-electron chi connectivity index (χ3n) is 4.05. The second-order valence-electron chi connectivity index (χ2n) is 6.33. The number of hydrogen-bond donors (Lipinski definition) is 2. The molecule has 2 aromatic carbocycles. The van der Waals surface area contributed by atoms with Crippen LogP contribution in [0.3, 0.4) is 0 Å². The van der Waals surface area contributed by atoms with E-state index in [1.165, 1.54) is 0 Å². The van der Waals surface area contributed by atoms with Crippen molar-refractivity contribution in [2.24, 2.45) is 0 Å². The standard InChI is InChI=1S/C18H23O4P/c1-13-9-5-7-11-15(13)17(16-12-8-6-10-14(16)2)18(3,4)22-23(19,20)21/h5-12,17H,1-4H3,(H2,19,20,21). The highest BCUT2D eigenvalue weighted by Gasteiger charge is 2.39. The van der Waals surface area contributed by atoms with Crippen molar-refractivity contribution in [3.63, 3.8) is 0 Å². The van der Waals surface area contributed by atoms with Crippen molar-refractivity contribution in [2.75, 3.05) is 0 Å². The zero-order valence-electron chi connectivity index (χ0n) is 13.9. The molecule has 0 spiro atoms. The minimum atomic E-state index is -4.61. The molecule has 0 bridgehead atoms. The molecule has 0 saturated heterocycles. The van der Waals surface area contributed by atoms with Gasteiger partial charge in [0, 0.05) is 5.92 Å². The summed E-state index contributed by atoms with van der Waals surface area (Å²) >= 11 is 0. The summed E-state index contributed by atoms with van der Waals surface area (Å²) in [6, 6.07) is 15.7.